The Labute approximate surface area is 225 Å². The highest BCUT2D eigenvalue weighted by Crippen LogP contribution is 2.41. The fraction of sp³-hybridized carbons (Fsp3) is 0.484. The number of amides is 1. The molecule has 3 aliphatic rings. The molecule has 0 aromatic heterocycles. The molecule has 0 saturated carbocycles. The van der Waals surface area contributed by atoms with E-state index in [1.807, 2.05) is 31.2 Å². The summed E-state index contributed by atoms with van der Waals surface area (Å²) in [4.78, 5) is 29.9. The van der Waals surface area contributed by atoms with Crippen molar-refractivity contribution in [1.82, 2.24) is 4.90 Å². The van der Waals surface area contributed by atoms with E-state index in [0.717, 1.165) is 62.6 Å². The van der Waals surface area contributed by atoms with Crippen molar-refractivity contribution in [2.24, 2.45) is 0 Å². The van der Waals surface area contributed by atoms with Crippen LogP contribution in [-0.4, -0.2) is 67.2 Å². The van der Waals surface area contributed by atoms with Crippen molar-refractivity contribution in [1.29, 1.82) is 0 Å². The summed E-state index contributed by atoms with van der Waals surface area (Å²) in [5, 5.41) is 11.5. The van der Waals surface area contributed by atoms with E-state index in [4.69, 9.17) is 9.47 Å². The zero-order chi connectivity index (χ0) is 27.0. The van der Waals surface area contributed by atoms with Crippen LogP contribution in [0.3, 0.4) is 0 Å². The number of hydrogen-bond donors (Lipinski definition) is 2. The molecule has 2 aromatic rings. The van der Waals surface area contributed by atoms with E-state index in [-0.39, 0.29) is 22.9 Å². The van der Waals surface area contributed by atoms with Gasteiger partial charge < -0.3 is 24.4 Å². The van der Waals surface area contributed by atoms with Crippen molar-refractivity contribution in [3.63, 3.8) is 0 Å². The first kappa shape index (κ1) is 26.4. The number of nitrogens with zero attached hydrogens (tertiary/aromatic N) is 1. The summed E-state index contributed by atoms with van der Waals surface area (Å²) in [7, 11) is 0. The molecule has 2 saturated heterocycles. The number of rotatable bonds is 6. The molecule has 7 heteroatoms. The zero-order valence-electron chi connectivity index (χ0n) is 22.9. The SMILES string of the molecule is C[C@@H]1Cc2cc(C(O)=C3C(=O)C(=O)N(CCC[NH+]4CCOCC4)[C@@H]3c3ccc(C(C)(C)C)cc3)ccc2O1. The van der Waals surface area contributed by atoms with E-state index >= 15 is 0 Å². The maximum Gasteiger partial charge on any atom is 0.295 e. The first-order valence-electron chi connectivity index (χ1n) is 13.7. The molecule has 1 amide bonds. The third kappa shape index (κ3) is 5.22. The molecule has 2 aromatic carbocycles. The Bertz CT molecular complexity index is 1240. The molecule has 7 nitrogen and oxygen atoms in total. The number of likely N-dealkylation sites (tertiary alicyclic amines) is 1. The van der Waals surface area contributed by atoms with Crippen molar-refractivity contribution in [3.05, 3.63) is 70.3 Å². The molecule has 202 valence electrons. The number of carbonyl (C=O) groups is 2. The second-order valence-electron chi connectivity index (χ2n) is 11.8. The van der Waals surface area contributed by atoms with Gasteiger partial charge in [0.15, 0.2) is 0 Å². The number of aliphatic hydroxyl groups is 1. The Morgan fingerprint density at radius 1 is 1.08 bits per heavy atom. The van der Waals surface area contributed by atoms with Crippen LogP contribution in [0, 0.1) is 0 Å². The highest BCUT2D eigenvalue weighted by atomic mass is 16.5. The van der Waals surface area contributed by atoms with Gasteiger partial charge in [0.25, 0.3) is 11.7 Å². The lowest BCUT2D eigenvalue weighted by molar-refractivity contribution is -0.908. The Morgan fingerprint density at radius 2 is 1.79 bits per heavy atom. The number of aliphatic hydroxyl groups excluding tert-OH is 1. The predicted octanol–water partition coefficient (Wildman–Crippen LogP) is 3.03. The van der Waals surface area contributed by atoms with Crippen LogP contribution in [-0.2, 0) is 26.2 Å². The third-order valence-electron chi connectivity index (χ3n) is 7.93. The Hall–Kier alpha value is -3.16. The van der Waals surface area contributed by atoms with Crippen molar-refractivity contribution in [2.45, 2.75) is 58.1 Å². The summed E-state index contributed by atoms with van der Waals surface area (Å²) in [5.41, 5.74) is 3.66. The highest BCUT2D eigenvalue weighted by molar-refractivity contribution is 6.46. The number of benzene rings is 2. The van der Waals surface area contributed by atoms with Crippen LogP contribution in [0.15, 0.2) is 48.0 Å². The molecule has 0 aliphatic carbocycles. The third-order valence-corrected chi connectivity index (χ3v) is 7.93. The van der Waals surface area contributed by atoms with Crippen LogP contribution in [0.25, 0.3) is 5.76 Å². The lowest BCUT2D eigenvalue weighted by Gasteiger charge is -2.28. The number of carbonyl (C=O) groups excluding carboxylic acids is 2. The number of ether oxygens (including phenoxy) is 2. The van der Waals surface area contributed by atoms with E-state index in [0.29, 0.717) is 12.1 Å². The van der Waals surface area contributed by atoms with Gasteiger partial charge in [0, 0.05) is 24.9 Å². The van der Waals surface area contributed by atoms with Crippen molar-refractivity contribution in [2.75, 3.05) is 39.4 Å². The van der Waals surface area contributed by atoms with Crippen LogP contribution in [0.2, 0.25) is 0 Å². The van der Waals surface area contributed by atoms with Gasteiger partial charge in [-0.3, -0.25) is 9.59 Å². The van der Waals surface area contributed by atoms with Gasteiger partial charge in [0.2, 0.25) is 0 Å². The predicted molar refractivity (Wildman–Crippen MR) is 145 cm³/mol. The van der Waals surface area contributed by atoms with Crippen LogP contribution >= 0.6 is 0 Å². The molecule has 0 radical (unpaired) electrons. The largest absolute Gasteiger partial charge is 0.507 e. The molecular formula is C31H39N2O5+. The maximum atomic E-state index is 13.4. The number of fused-ring (bicyclic) bond motifs is 1. The highest BCUT2D eigenvalue weighted by Gasteiger charge is 2.46. The monoisotopic (exact) mass is 519 g/mol. The minimum Gasteiger partial charge on any atom is -0.507 e. The molecule has 2 fully saturated rings. The molecule has 5 rings (SSSR count). The number of nitrogens with one attached hydrogen (secondary N) is 1. The molecule has 0 bridgehead atoms. The second kappa shape index (κ2) is 10.5. The van der Waals surface area contributed by atoms with Gasteiger partial charge in [-0.2, -0.15) is 0 Å². The quantitative estimate of drug-likeness (QED) is 0.349. The van der Waals surface area contributed by atoms with Gasteiger partial charge >= 0.3 is 0 Å². The van der Waals surface area contributed by atoms with E-state index in [1.165, 1.54) is 10.5 Å². The van der Waals surface area contributed by atoms with E-state index in [1.54, 1.807) is 11.0 Å². The number of morpholine rings is 1. The Morgan fingerprint density at radius 3 is 2.47 bits per heavy atom. The van der Waals surface area contributed by atoms with Gasteiger partial charge in [0.1, 0.15) is 30.7 Å². The van der Waals surface area contributed by atoms with Crippen LogP contribution in [0.5, 0.6) is 5.75 Å². The molecule has 0 spiro atoms. The summed E-state index contributed by atoms with van der Waals surface area (Å²) in [5.74, 6) is -0.505. The molecule has 38 heavy (non-hydrogen) atoms. The van der Waals surface area contributed by atoms with E-state index < -0.39 is 17.7 Å². The van der Waals surface area contributed by atoms with Gasteiger partial charge in [0.05, 0.1) is 31.4 Å². The standard InChI is InChI=1S/C31H38N2O5/c1-20-18-23-19-22(8-11-25(23)38-20)28(34)26-27(21-6-9-24(10-7-21)31(2,3)4)33(30(36)29(26)35)13-5-12-32-14-16-37-17-15-32/h6-11,19-20,27,34H,5,12-18H2,1-4H3/p+1/t20-,27-/m1/s1. The molecule has 2 atom stereocenters. The average molecular weight is 520 g/mol. The van der Waals surface area contributed by atoms with Crippen LogP contribution in [0.1, 0.15) is 62.4 Å². The van der Waals surface area contributed by atoms with Gasteiger partial charge in [-0.25, -0.2) is 0 Å². The van der Waals surface area contributed by atoms with Crippen molar-refractivity contribution in [3.8, 4) is 5.75 Å². The van der Waals surface area contributed by atoms with Gasteiger partial charge in [-0.05, 0) is 47.2 Å². The smallest absolute Gasteiger partial charge is 0.295 e. The molecule has 3 aliphatic heterocycles. The average Bonchev–Trinajstić information content (AvgIpc) is 3.39. The summed E-state index contributed by atoms with van der Waals surface area (Å²) in [6, 6.07) is 12.9. The van der Waals surface area contributed by atoms with E-state index in [2.05, 4.69) is 32.9 Å². The summed E-state index contributed by atoms with van der Waals surface area (Å²) in [6.45, 7) is 13.2. The Balaban J connectivity index is 1.50. The summed E-state index contributed by atoms with van der Waals surface area (Å²) >= 11 is 0. The Kier molecular flexibility index (Phi) is 7.34. The maximum absolute atomic E-state index is 13.4. The number of ketones is 1. The number of Topliss-reactive ketones (excluding diaryl/α,β-unsaturated/α-hetero) is 1. The molecule has 2 N–H and O–H groups in total. The van der Waals surface area contributed by atoms with Crippen LogP contribution in [0.4, 0.5) is 0 Å². The zero-order valence-corrected chi connectivity index (χ0v) is 22.9. The van der Waals surface area contributed by atoms with Crippen molar-refractivity contribution >= 4 is 17.4 Å². The number of hydrogen-bond acceptors (Lipinski definition) is 5. The molecule has 0 unspecified atom stereocenters. The van der Waals surface area contributed by atoms with E-state index in [9.17, 15) is 14.7 Å². The summed E-state index contributed by atoms with van der Waals surface area (Å²) < 4.78 is 11.3. The second-order valence-corrected chi connectivity index (χ2v) is 11.8. The number of quaternary nitrogens is 1. The van der Waals surface area contributed by atoms with Crippen LogP contribution < -0.4 is 9.64 Å². The van der Waals surface area contributed by atoms with Gasteiger partial charge in [-0.1, -0.05) is 45.0 Å². The lowest BCUT2D eigenvalue weighted by Crippen LogP contribution is -3.14. The summed E-state index contributed by atoms with van der Waals surface area (Å²) in [6.07, 6.45) is 1.59. The molecule has 3 heterocycles. The minimum atomic E-state index is -0.632. The first-order chi connectivity index (χ1) is 18.1. The fourth-order valence-corrected chi connectivity index (χ4v) is 5.76. The van der Waals surface area contributed by atoms with Crippen molar-refractivity contribution < 1.29 is 29.1 Å². The fourth-order valence-electron chi connectivity index (χ4n) is 5.76. The topological polar surface area (TPSA) is 80.5 Å². The lowest BCUT2D eigenvalue weighted by atomic mass is 9.85. The normalized spacial score (nSPS) is 23.5. The van der Waals surface area contributed by atoms with Gasteiger partial charge in [-0.15, -0.1) is 0 Å². The minimum absolute atomic E-state index is 0.0229. The first-order valence-corrected chi connectivity index (χ1v) is 13.7. The molecular weight excluding hydrogens is 480 g/mol.